The number of hydrogen-bond donors (Lipinski definition) is 1. The van der Waals surface area contributed by atoms with Crippen molar-refractivity contribution in [2.45, 2.75) is 19.9 Å². The average Bonchev–Trinajstić information content (AvgIpc) is 2.56. The highest BCUT2D eigenvalue weighted by molar-refractivity contribution is 5.92. The molecule has 0 aliphatic carbocycles. The first-order chi connectivity index (χ1) is 11.1. The molecule has 1 N–H and O–H groups in total. The molecule has 0 aliphatic heterocycles. The predicted molar refractivity (Wildman–Crippen MR) is 90.5 cm³/mol. The molecule has 2 rings (SSSR count). The van der Waals surface area contributed by atoms with Crippen LogP contribution in [0.3, 0.4) is 0 Å². The molecule has 0 fully saturated rings. The monoisotopic (exact) mass is 314 g/mol. The molecule has 0 unspecified atom stereocenters. The predicted octanol–water partition coefficient (Wildman–Crippen LogP) is 2.31. The molecule has 1 aromatic heterocycles. The summed E-state index contributed by atoms with van der Waals surface area (Å²) in [5.41, 5.74) is 1.63. The summed E-state index contributed by atoms with van der Waals surface area (Å²) in [7, 11) is 1.59. The molecule has 0 saturated carbocycles. The second kappa shape index (κ2) is 8.29. The molecule has 0 aliphatic rings. The SMILES string of the molecule is COCCn1cc(NC(=O)[C@H](C)Cc2ccccc2)ccc1=O. The fourth-order valence-electron chi connectivity index (χ4n) is 2.30. The fraction of sp³-hybridized carbons (Fsp3) is 0.333. The quantitative estimate of drug-likeness (QED) is 0.853. The van der Waals surface area contributed by atoms with Crippen molar-refractivity contribution in [3.8, 4) is 0 Å². The van der Waals surface area contributed by atoms with E-state index in [0.717, 1.165) is 5.56 Å². The summed E-state index contributed by atoms with van der Waals surface area (Å²) in [5.74, 6) is -0.220. The Hall–Kier alpha value is -2.40. The van der Waals surface area contributed by atoms with E-state index < -0.39 is 0 Å². The zero-order chi connectivity index (χ0) is 16.7. The summed E-state index contributed by atoms with van der Waals surface area (Å²) in [4.78, 5) is 24.0. The Balaban J connectivity index is 2.00. The number of pyridine rings is 1. The Bertz CT molecular complexity index is 695. The highest BCUT2D eigenvalue weighted by Crippen LogP contribution is 2.11. The third kappa shape index (κ3) is 5.07. The maximum Gasteiger partial charge on any atom is 0.250 e. The van der Waals surface area contributed by atoms with Crippen LogP contribution < -0.4 is 10.9 Å². The number of carbonyl (C=O) groups is 1. The lowest BCUT2D eigenvalue weighted by Gasteiger charge is -2.13. The first-order valence-corrected chi connectivity index (χ1v) is 7.64. The fourth-order valence-corrected chi connectivity index (χ4v) is 2.30. The molecular weight excluding hydrogens is 292 g/mol. The summed E-state index contributed by atoms with van der Waals surface area (Å²) in [6.07, 6.45) is 2.32. The van der Waals surface area contributed by atoms with E-state index in [4.69, 9.17) is 4.74 Å². The Labute approximate surface area is 135 Å². The molecule has 0 bridgehead atoms. The van der Waals surface area contributed by atoms with E-state index in [2.05, 4.69) is 5.32 Å². The van der Waals surface area contributed by atoms with E-state index in [1.807, 2.05) is 37.3 Å². The van der Waals surface area contributed by atoms with Gasteiger partial charge in [-0.2, -0.15) is 0 Å². The van der Waals surface area contributed by atoms with Crippen LogP contribution in [0.1, 0.15) is 12.5 Å². The van der Waals surface area contributed by atoms with Crippen molar-refractivity contribution in [3.05, 3.63) is 64.6 Å². The van der Waals surface area contributed by atoms with Gasteiger partial charge in [0.25, 0.3) is 5.56 Å². The minimum atomic E-state index is -0.156. The molecule has 23 heavy (non-hydrogen) atoms. The van der Waals surface area contributed by atoms with Gasteiger partial charge in [0.2, 0.25) is 5.91 Å². The van der Waals surface area contributed by atoms with Crippen molar-refractivity contribution in [3.63, 3.8) is 0 Å². The number of amides is 1. The van der Waals surface area contributed by atoms with Crippen LogP contribution in [0.5, 0.6) is 0 Å². The van der Waals surface area contributed by atoms with E-state index >= 15 is 0 Å². The van der Waals surface area contributed by atoms with Gasteiger partial charge in [0.15, 0.2) is 0 Å². The maximum absolute atomic E-state index is 12.3. The zero-order valence-corrected chi connectivity index (χ0v) is 13.5. The minimum Gasteiger partial charge on any atom is -0.383 e. The lowest BCUT2D eigenvalue weighted by atomic mass is 10.0. The molecule has 0 radical (unpaired) electrons. The Morgan fingerprint density at radius 3 is 2.65 bits per heavy atom. The molecule has 1 atom stereocenters. The largest absolute Gasteiger partial charge is 0.383 e. The van der Waals surface area contributed by atoms with Crippen molar-refractivity contribution >= 4 is 11.6 Å². The number of benzene rings is 1. The molecule has 1 amide bonds. The number of hydrogen-bond acceptors (Lipinski definition) is 3. The zero-order valence-electron chi connectivity index (χ0n) is 13.5. The van der Waals surface area contributed by atoms with Gasteiger partial charge in [-0.15, -0.1) is 0 Å². The number of nitrogens with zero attached hydrogens (tertiary/aromatic N) is 1. The summed E-state index contributed by atoms with van der Waals surface area (Å²) < 4.78 is 6.51. The van der Waals surface area contributed by atoms with Crippen molar-refractivity contribution < 1.29 is 9.53 Å². The molecule has 0 spiro atoms. The first kappa shape index (κ1) is 17.0. The first-order valence-electron chi connectivity index (χ1n) is 7.64. The van der Waals surface area contributed by atoms with Crippen LogP contribution in [0.2, 0.25) is 0 Å². The second-order valence-corrected chi connectivity index (χ2v) is 5.52. The van der Waals surface area contributed by atoms with E-state index in [1.54, 1.807) is 19.4 Å². The summed E-state index contributed by atoms with van der Waals surface area (Å²) >= 11 is 0. The molecule has 5 nitrogen and oxygen atoms in total. The number of aromatic nitrogens is 1. The van der Waals surface area contributed by atoms with Crippen LogP contribution in [0.15, 0.2) is 53.5 Å². The molecule has 5 heteroatoms. The van der Waals surface area contributed by atoms with E-state index in [9.17, 15) is 9.59 Å². The number of methoxy groups -OCH3 is 1. The van der Waals surface area contributed by atoms with Crippen molar-refractivity contribution in [1.29, 1.82) is 0 Å². The second-order valence-electron chi connectivity index (χ2n) is 5.52. The average molecular weight is 314 g/mol. The summed E-state index contributed by atoms with van der Waals surface area (Å²) in [6.45, 7) is 2.80. The van der Waals surface area contributed by atoms with Crippen LogP contribution in [-0.4, -0.2) is 24.2 Å². The van der Waals surface area contributed by atoms with Gasteiger partial charge in [0, 0.05) is 31.8 Å². The van der Waals surface area contributed by atoms with Crippen LogP contribution >= 0.6 is 0 Å². The van der Waals surface area contributed by atoms with Crippen LogP contribution in [-0.2, 0) is 22.5 Å². The van der Waals surface area contributed by atoms with Gasteiger partial charge in [-0.3, -0.25) is 9.59 Å². The van der Waals surface area contributed by atoms with Crippen LogP contribution in [0, 0.1) is 5.92 Å². The lowest BCUT2D eigenvalue weighted by Crippen LogP contribution is -2.25. The molecule has 1 heterocycles. The van der Waals surface area contributed by atoms with Crippen LogP contribution in [0.4, 0.5) is 5.69 Å². The Kier molecular flexibility index (Phi) is 6.11. The van der Waals surface area contributed by atoms with Gasteiger partial charge in [0.05, 0.1) is 12.3 Å². The molecular formula is C18H22N2O3. The summed E-state index contributed by atoms with van der Waals surface area (Å²) in [6, 6.07) is 13.0. The number of nitrogens with one attached hydrogen (secondary N) is 1. The number of carbonyl (C=O) groups excluding carboxylic acids is 1. The third-order valence-electron chi connectivity index (χ3n) is 3.62. The lowest BCUT2D eigenvalue weighted by molar-refractivity contribution is -0.119. The van der Waals surface area contributed by atoms with Gasteiger partial charge in [0.1, 0.15) is 0 Å². The van der Waals surface area contributed by atoms with Crippen LogP contribution in [0.25, 0.3) is 0 Å². The molecule has 0 saturated heterocycles. The van der Waals surface area contributed by atoms with E-state index in [0.29, 0.717) is 25.3 Å². The minimum absolute atomic E-state index is 0.0641. The number of anilines is 1. The standard InChI is InChI=1S/C18H22N2O3/c1-14(12-15-6-4-3-5-7-15)18(22)19-16-8-9-17(21)20(13-16)10-11-23-2/h3-9,13-14H,10-12H2,1-2H3,(H,19,22)/t14-/m1/s1. The molecule has 122 valence electrons. The van der Waals surface area contributed by atoms with Gasteiger partial charge < -0.3 is 14.6 Å². The molecule has 2 aromatic rings. The highest BCUT2D eigenvalue weighted by atomic mass is 16.5. The van der Waals surface area contributed by atoms with Gasteiger partial charge >= 0.3 is 0 Å². The van der Waals surface area contributed by atoms with E-state index in [-0.39, 0.29) is 17.4 Å². The third-order valence-corrected chi connectivity index (χ3v) is 3.62. The Morgan fingerprint density at radius 2 is 1.96 bits per heavy atom. The van der Waals surface area contributed by atoms with Crippen molar-refractivity contribution in [1.82, 2.24) is 4.57 Å². The van der Waals surface area contributed by atoms with Crippen molar-refractivity contribution in [2.24, 2.45) is 5.92 Å². The molecule has 1 aromatic carbocycles. The van der Waals surface area contributed by atoms with E-state index in [1.165, 1.54) is 10.6 Å². The van der Waals surface area contributed by atoms with Gasteiger partial charge in [-0.1, -0.05) is 37.3 Å². The normalized spacial score (nSPS) is 11.9. The number of ether oxygens (including phenoxy) is 1. The van der Waals surface area contributed by atoms with Gasteiger partial charge in [-0.25, -0.2) is 0 Å². The Morgan fingerprint density at radius 1 is 1.22 bits per heavy atom. The smallest absolute Gasteiger partial charge is 0.250 e. The topological polar surface area (TPSA) is 60.3 Å². The van der Waals surface area contributed by atoms with Crippen molar-refractivity contribution in [2.75, 3.05) is 19.0 Å². The van der Waals surface area contributed by atoms with Gasteiger partial charge in [-0.05, 0) is 18.1 Å². The number of rotatable bonds is 7. The summed E-state index contributed by atoms with van der Waals surface area (Å²) in [5, 5.41) is 2.87. The highest BCUT2D eigenvalue weighted by Gasteiger charge is 2.14. The maximum atomic E-state index is 12.3.